The number of rotatable bonds is 5. The number of para-hydroxylation sites is 1. The Kier molecular flexibility index (Phi) is 6.03. The largest absolute Gasteiger partial charge is 0.496 e. The summed E-state index contributed by atoms with van der Waals surface area (Å²) in [5.74, 6) is 0.615. The molecule has 1 aliphatic carbocycles. The number of hydrogen-bond donors (Lipinski definition) is 2. The van der Waals surface area contributed by atoms with E-state index in [-0.39, 0.29) is 23.9 Å². The highest BCUT2D eigenvalue weighted by Crippen LogP contribution is 2.43. The zero-order valence-corrected chi connectivity index (χ0v) is 18.9. The molecule has 0 bridgehead atoms. The molecular weight excluding hydrogens is 416 g/mol. The van der Waals surface area contributed by atoms with E-state index in [0.29, 0.717) is 30.7 Å². The van der Waals surface area contributed by atoms with Crippen molar-refractivity contribution in [1.82, 2.24) is 20.5 Å². The van der Waals surface area contributed by atoms with Crippen LogP contribution in [0.15, 0.2) is 59.9 Å². The monoisotopic (exact) mass is 446 g/mol. The smallest absolute Gasteiger partial charge is 0.251 e. The number of carbonyl (C=O) groups is 2. The average Bonchev–Trinajstić information content (AvgIpc) is 3.13. The Bertz CT molecular complexity index is 1070. The Morgan fingerprint density at radius 3 is 2.79 bits per heavy atom. The van der Waals surface area contributed by atoms with Gasteiger partial charge in [-0.05, 0) is 37.5 Å². The number of amides is 2. The van der Waals surface area contributed by atoms with Gasteiger partial charge in [0.05, 0.1) is 31.3 Å². The molecule has 1 aromatic carbocycles. The molecule has 7 nitrogen and oxygen atoms in total. The zero-order valence-electron chi connectivity index (χ0n) is 18.9. The van der Waals surface area contributed by atoms with E-state index in [1.165, 1.54) is 0 Å². The molecule has 1 saturated carbocycles. The lowest BCUT2D eigenvalue weighted by atomic mass is 9.86. The maximum atomic E-state index is 13.9. The molecule has 5 rings (SSSR count). The summed E-state index contributed by atoms with van der Waals surface area (Å²) >= 11 is 0. The Morgan fingerprint density at radius 2 is 1.97 bits per heavy atom. The third-order valence-electron chi connectivity index (χ3n) is 7.04. The second-order valence-corrected chi connectivity index (χ2v) is 8.94. The van der Waals surface area contributed by atoms with Gasteiger partial charge < -0.3 is 20.3 Å². The first-order chi connectivity index (χ1) is 16.2. The molecule has 0 radical (unpaired) electrons. The van der Waals surface area contributed by atoms with Gasteiger partial charge in [-0.25, -0.2) is 0 Å². The summed E-state index contributed by atoms with van der Waals surface area (Å²) in [6.45, 7) is 0.471. The van der Waals surface area contributed by atoms with Crippen LogP contribution >= 0.6 is 0 Å². The number of carbonyl (C=O) groups excluding carboxylic acids is 2. The number of hydrogen-bond acceptors (Lipinski definition) is 5. The van der Waals surface area contributed by atoms with Crippen LogP contribution in [0.3, 0.4) is 0 Å². The summed E-state index contributed by atoms with van der Waals surface area (Å²) in [5, 5.41) is 6.63. The minimum absolute atomic E-state index is 0.0169. The number of aryl methyl sites for hydroxylation is 1. The molecule has 3 atom stereocenters. The predicted octanol–water partition coefficient (Wildman–Crippen LogP) is 2.89. The minimum atomic E-state index is -0.490. The molecule has 3 heterocycles. The van der Waals surface area contributed by atoms with Gasteiger partial charge >= 0.3 is 0 Å². The molecule has 0 spiro atoms. The summed E-state index contributed by atoms with van der Waals surface area (Å²) in [4.78, 5) is 33.4. The van der Waals surface area contributed by atoms with Gasteiger partial charge in [0, 0.05) is 35.6 Å². The quantitative estimate of drug-likeness (QED) is 0.738. The van der Waals surface area contributed by atoms with Crippen molar-refractivity contribution in [3.63, 3.8) is 0 Å². The van der Waals surface area contributed by atoms with E-state index >= 15 is 0 Å². The maximum absolute atomic E-state index is 13.9. The van der Waals surface area contributed by atoms with Gasteiger partial charge in [-0.2, -0.15) is 0 Å². The molecular formula is C26H30N4O3. The zero-order chi connectivity index (χ0) is 22.8. The fourth-order valence-corrected chi connectivity index (χ4v) is 5.52. The molecule has 0 saturated heterocycles. The summed E-state index contributed by atoms with van der Waals surface area (Å²) in [7, 11) is 1.63. The van der Waals surface area contributed by atoms with Gasteiger partial charge in [-0.3, -0.25) is 14.6 Å². The van der Waals surface area contributed by atoms with Crippen molar-refractivity contribution in [1.29, 1.82) is 0 Å². The van der Waals surface area contributed by atoms with E-state index in [9.17, 15) is 9.59 Å². The van der Waals surface area contributed by atoms with Gasteiger partial charge in [0.1, 0.15) is 5.75 Å². The average molecular weight is 447 g/mol. The highest BCUT2D eigenvalue weighted by molar-refractivity contribution is 5.99. The molecule has 1 fully saturated rings. The summed E-state index contributed by atoms with van der Waals surface area (Å²) < 4.78 is 5.69. The van der Waals surface area contributed by atoms with Crippen LogP contribution in [0.25, 0.3) is 0 Å². The Labute approximate surface area is 194 Å². The molecule has 7 heteroatoms. The van der Waals surface area contributed by atoms with Crippen molar-refractivity contribution < 1.29 is 14.3 Å². The van der Waals surface area contributed by atoms with Crippen LogP contribution in [-0.2, 0) is 16.0 Å². The van der Waals surface area contributed by atoms with Crippen molar-refractivity contribution in [3.05, 3.63) is 71.2 Å². The number of nitrogens with one attached hydrogen (secondary N) is 2. The summed E-state index contributed by atoms with van der Waals surface area (Å²) in [6.07, 6.45) is 6.76. The fourth-order valence-electron chi connectivity index (χ4n) is 5.52. The number of ether oxygens (including phenoxy) is 1. The lowest BCUT2D eigenvalue weighted by Crippen LogP contribution is -2.53. The summed E-state index contributed by atoms with van der Waals surface area (Å²) in [6, 6.07) is 13.2. The van der Waals surface area contributed by atoms with E-state index in [0.717, 1.165) is 42.6 Å². The van der Waals surface area contributed by atoms with Crippen LogP contribution in [0.1, 0.15) is 49.4 Å². The number of nitrogens with zero attached hydrogens (tertiary/aromatic N) is 2. The van der Waals surface area contributed by atoms with Crippen molar-refractivity contribution in [2.45, 2.75) is 56.7 Å². The van der Waals surface area contributed by atoms with Crippen molar-refractivity contribution in [3.8, 4) is 5.75 Å². The standard InChI is InChI=1S/C26H30N4O3/c1-33-22-12-5-2-9-18(22)25-24-20(16-28-26(24)32)29-19-10-3-4-11-21(19)30(25)23(31)14-13-17-8-6-7-15-27-17/h2,5-9,12,15,19,21,25,29H,3-4,10-11,13-14,16H2,1H3,(H,28,32). The Morgan fingerprint density at radius 1 is 1.15 bits per heavy atom. The van der Waals surface area contributed by atoms with Crippen LogP contribution < -0.4 is 15.4 Å². The van der Waals surface area contributed by atoms with Crippen LogP contribution in [0, 0.1) is 0 Å². The molecule has 2 aromatic rings. The lowest BCUT2D eigenvalue weighted by Gasteiger charge is -2.43. The Balaban J connectivity index is 1.59. The maximum Gasteiger partial charge on any atom is 0.251 e. The second kappa shape index (κ2) is 9.25. The van der Waals surface area contributed by atoms with Gasteiger partial charge in [-0.15, -0.1) is 0 Å². The first-order valence-electron chi connectivity index (χ1n) is 11.8. The second-order valence-electron chi connectivity index (χ2n) is 8.94. The lowest BCUT2D eigenvalue weighted by molar-refractivity contribution is -0.137. The van der Waals surface area contributed by atoms with Crippen LogP contribution in [0.2, 0.25) is 0 Å². The molecule has 33 heavy (non-hydrogen) atoms. The molecule has 3 unspecified atom stereocenters. The SMILES string of the molecule is COc1ccccc1C1C2=C(CNC2=O)NC2CCCCC2N1C(=O)CCc1ccccn1. The van der Waals surface area contributed by atoms with E-state index < -0.39 is 6.04 Å². The van der Waals surface area contributed by atoms with E-state index in [1.54, 1.807) is 13.3 Å². The molecule has 2 N–H and O–H groups in total. The van der Waals surface area contributed by atoms with Gasteiger partial charge in [-0.1, -0.05) is 37.1 Å². The van der Waals surface area contributed by atoms with Crippen molar-refractivity contribution in [2.75, 3.05) is 13.7 Å². The van der Waals surface area contributed by atoms with Crippen LogP contribution in [0.5, 0.6) is 5.75 Å². The molecule has 2 amide bonds. The molecule has 1 aromatic heterocycles. The topological polar surface area (TPSA) is 83.6 Å². The van der Waals surface area contributed by atoms with Gasteiger partial charge in [0.2, 0.25) is 5.91 Å². The molecule has 172 valence electrons. The highest BCUT2D eigenvalue weighted by Gasteiger charge is 2.46. The van der Waals surface area contributed by atoms with E-state index in [1.807, 2.05) is 47.4 Å². The number of benzene rings is 1. The molecule has 3 aliphatic rings. The Hall–Kier alpha value is -3.35. The number of fused-ring (bicyclic) bond motifs is 1. The van der Waals surface area contributed by atoms with E-state index in [4.69, 9.17) is 4.74 Å². The third-order valence-corrected chi connectivity index (χ3v) is 7.04. The van der Waals surface area contributed by atoms with Crippen LogP contribution in [0.4, 0.5) is 0 Å². The molecule has 2 aliphatic heterocycles. The van der Waals surface area contributed by atoms with Crippen LogP contribution in [-0.4, -0.2) is 47.4 Å². The highest BCUT2D eigenvalue weighted by atomic mass is 16.5. The minimum Gasteiger partial charge on any atom is -0.496 e. The first kappa shape index (κ1) is 21.5. The predicted molar refractivity (Wildman–Crippen MR) is 124 cm³/mol. The van der Waals surface area contributed by atoms with Gasteiger partial charge in [0.15, 0.2) is 0 Å². The summed E-state index contributed by atoms with van der Waals surface area (Å²) in [5.41, 5.74) is 3.29. The van der Waals surface area contributed by atoms with Crippen molar-refractivity contribution in [2.24, 2.45) is 0 Å². The normalized spacial score (nSPS) is 24.3. The fraction of sp³-hybridized carbons (Fsp3) is 0.423. The number of pyridine rings is 1. The van der Waals surface area contributed by atoms with Crippen molar-refractivity contribution >= 4 is 11.8 Å². The number of aromatic nitrogens is 1. The van der Waals surface area contributed by atoms with E-state index in [2.05, 4.69) is 15.6 Å². The third kappa shape index (κ3) is 4.08. The first-order valence-corrected chi connectivity index (χ1v) is 11.8. The number of methoxy groups -OCH3 is 1. The van der Waals surface area contributed by atoms with Gasteiger partial charge in [0.25, 0.3) is 5.91 Å².